The molecular weight excluding hydrogens is 344 g/mol. The van der Waals surface area contributed by atoms with Gasteiger partial charge in [-0.2, -0.15) is 0 Å². The molecular formula is C21H22N2O4. The van der Waals surface area contributed by atoms with Crippen LogP contribution in [0.4, 0.5) is 5.69 Å². The van der Waals surface area contributed by atoms with Gasteiger partial charge in [0.1, 0.15) is 11.5 Å². The van der Waals surface area contributed by atoms with Crippen LogP contribution in [0, 0.1) is 0 Å². The molecule has 2 aromatic rings. The van der Waals surface area contributed by atoms with E-state index in [1.54, 1.807) is 55.7 Å². The van der Waals surface area contributed by atoms with Gasteiger partial charge in [0.15, 0.2) is 0 Å². The molecule has 2 N–H and O–H groups in total. The third-order valence-electron chi connectivity index (χ3n) is 4.18. The average molecular weight is 366 g/mol. The number of benzene rings is 2. The fraction of sp³-hybridized carbons (Fsp3) is 0.238. The number of carbonyl (C=O) groups excluding carboxylic acids is 2. The number of hydrogen-bond donors (Lipinski definition) is 2. The number of amides is 2. The third kappa shape index (κ3) is 5.10. The maximum atomic E-state index is 12.2. The number of ether oxygens (including phenoxy) is 2. The van der Waals surface area contributed by atoms with E-state index < -0.39 is 0 Å². The van der Waals surface area contributed by atoms with Crippen molar-refractivity contribution in [2.75, 3.05) is 19.5 Å². The number of nitrogens with one attached hydrogen (secondary N) is 2. The van der Waals surface area contributed by atoms with Gasteiger partial charge in [-0.05, 0) is 48.7 Å². The van der Waals surface area contributed by atoms with E-state index in [4.69, 9.17) is 9.47 Å². The van der Waals surface area contributed by atoms with Crippen molar-refractivity contribution in [3.63, 3.8) is 0 Å². The molecule has 27 heavy (non-hydrogen) atoms. The zero-order valence-electron chi connectivity index (χ0n) is 15.3. The van der Waals surface area contributed by atoms with Crippen molar-refractivity contribution in [3.8, 4) is 11.5 Å². The maximum Gasteiger partial charge on any atom is 0.251 e. The van der Waals surface area contributed by atoms with Gasteiger partial charge in [-0.1, -0.05) is 12.1 Å². The molecule has 6 heteroatoms. The van der Waals surface area contributed by atoms with E-state index in [-0.39, 0.29) is 11.8 Å². The first-order chi connectivity index (χ1) is 13.1. The van der Waals surface area contributed by atoms with Gasteiger partial charge in [-0.3, -0.25) is 9.59 Å². The first-order valence-electron chi connectivity index (χ1n) is 8.71. The summed E-state index contributed by atoms with van der Waals surface area (Å²) in [5.41, 5.74) is 2.00. The lowest BCUT2D eigenvalue weighted by Gasteiger charge is -2.10. The Labute approximate surface area is 158 Å². The molecule has 2 aromatic carbocycles. The van der Waals surface area contributed by atoms with Gasteiger partial charge in [0, 0.05) is 23.7 Å². The highest BCUT2D eigenvalue weighted by Gasteiger charge is 2.23. The quantitative estimate of drug-likeness (QED) is 0.738. The van der Waals surface area contributed by atoms with Gasteiger partial charge >= 0.3 is 0 Å². The van der Waals surface area contributed by atoms with E-state index in [1.807, 2.05) is 0 Å². The minimum Gasteiger partial charge on any atom is -0.497 e. The average Bonchev–Trinajstić information content (AvgIpc) is 3.51. The van der Waals surface area contributed by atoms with Crippen molar-refractivity contribution in [1.82, 2.24) is 5.32 Å². The molecule has 0 unspecified atom stereocenters. The summed E-state index contributed by atoms with van der Waals surface area (Å²) in [4.78, 5) is 24.1. The Morgan fingerprint density at radius 1 is 1.04 bits per heavy atom. The SMILES string of the molecule is COc1ccc(NC(=O)/C=C/c2ccc(C(=O)NC3CC3)cc2)c(OC)c1. The highest BCUT2D eigenvalue weighted by atomic mass is 16.5. The van der Waals surface area contributed by atoms with Crippen LogP contribution in [0.5, 0.6) is 11.5 Å². The van der Waals surface area contributed by atoms with Crippen molar-refractivity contribution in [3.05, 3.63) is 59.7 Å². The predicted molar refractivity (Wildman–Crippen MR) is 104 cm³/mol. The third-order valence-corrected chi connectivity index (χ3v) is 4.18. The number of rotatable bonds is 7. The molecule has 2 amide bonds. The van der Waals surface area contributed by atoms with Gasteiger partial charge in [-0.15, -0.1) is 0 Å². The Morgan fingerprint density at radius 3 is 2.41 bits per heavy atom. The molecule has 6 nitrogen and oxygen atoms in total. The van der Waals surface area contributed by atoms with Crippen LogP contribution in [0.1, 0.15) is 28.8 Å². The molecule has 0 radical (unpaired) electrons. The highest BCUT2D eigenvalue weighted by Crippen LogP contribution is 2.29. The van der Waals surface area contributed by atoms with Crippen LogP contribution in [0.25, 0.3) is 6.08 Å². The first kappa shape index (κ1) is 18.5. The molecule has 0 spiro atoms. The van der Waals surface area contributed by atoms with Crippen molar-refractivity contribution < 1.29 is 19.1 Å². The number of hydrogen-bond acceptors (Lipinski definition) is 4. The van der Waals surface area contributed by atoms with Gasteiger partial charge < -0.3 is 20.1 Å². The lowest BCUT2D eigenvalue weighted by Crippen LogP contribution is -2.25. The summed E-state index contributed by atoms with van der Waals surface area (Å²) in [6.07, 6.45) is 5.23. The van der Waals surface area contributed by atoms with Crippen LogP contribution in [0.2, 0.25) is 0 Å². The second-order valence-corrected chi connectivity index (χ2v) is 6.26. The molecule has 1 saturated carbocycles. The van der Waals surface area contributed by atoms with Crippen molar-refractivity contribution in [1.29, 1.82) is 0 Å². The van der Waals surface area contributed by atoms with E-state index in [0.717, 1.165) is 18.4 Å². The van der Waals surface area contributed by atoms with Gasteiger partial charge in [0.05, 0.1) is 19.9 Å². The molecule has 0 bridgehead atoms. The Morgan fingerprint density at radius 2 is 1.78 bits per heavy atom. The Bertz CT molecular complexity index is 855. The van der Waals surface area contributed by atoms with E-state index in [9.17, 15) is 9.59 Å². The minimum atomic E-state index is -0.283. The molecule has 0 aliphatic heterocycles. The number of anilines is 1. The summed E-state index contributed by atoms with van der Waals surface area (Å²) in [5.74, 6) is 0.819. The van der Waals surface area contributed by atoms with Crippen LogP contribution in [0.15, 0.2) is 48.5 Å². The van der Waals surface area contributed by atoms with Gasteiger partial charge in [0.2, 0.25) is 5.91 Å². The summed E-state index contributed by atoms with van der Waals surface area (Å²) in [7, 11) is 3.10. The molecule has 0 aromatic heterocycles. The van der Waals surface area contributed by atoms with Crippen molar-refractivity contribution >= 4 is 23.6 Å². The van der Waals surface area contributed by atoms with Crippen LogP contribution in [0.3, 0.4) is 0 Å². The van der Waals surface area contributed by atoms with E-state index in [0.29, 0.717) is 28.8 Å². The summed E-state index contributed by atoms with van der Waals surface area (Å²) in [6, 6.07) is 12.6. The Balaban J connectivity index is 1.60. The van der Waals surface area contributed by atoms with E-state index >= 15 is 0 Å². The summed E-state index contributed by atoms with van der Waals surface area (Å²) >= 11 is 0. The lowest BCUT2D eigenvalue weighted by atomic mass is 10.1. The predicted octanol–water partition coefficient (Wildman–Crippen LogP) is 3.25. The van der Waals surface area contributed by atoms with Crippen LogP contribution >= 0.6 is 0 Å². The molecule has 3 rings (SSSR count). The molecule has 140 valence electrons. The second-order valence-electron chi connectivity index (χ2n) is 6.26. The Hall–Kier alpha value is -3.28. The van der Waals surface area contributed by atoms with Crippen LogP contribution in [-0.2, 0) is 4.79 Å². The zero-order valence-corrected chi connectivity index (χ0v) is 15.3. The summed E-state index contributed by atoms with van der Waals surface area (Å²) < 4.78 is 10.4. The molecule has 0 atom stereocenters. The lowest BCUT2D eigenvalue weighted by molar-refractivity contribution is -0.111. The van der Waals surface area contributed by atoms with E-state index in [2.05, 4.69) is 10.6 Å². The van der Waals surface area contributed by atoms with Crippen molar-refractivity contribution in [2.24, 2.45) is 0 Å². The standard InChI is InChI=1S/C21H22N2O4/c1-26-17-10-11-18(19(13-17)27-2)23-20(24)12-5-14-3-6-15(7-4-14)21(25)22-16-8-9-16/h3-7,10-13,16H,8-9H2,1-2H3,(H,22,25)(H,23,24)/b12-5+. The monoisotopic (exact) mass is 366 g/mol. The van der Waals surface area contributed by atoms with Crippen molar-refractivity contribution in [2.45, 2.75) is 18.9 Å². The normalized spacial score (nSPS) is 13.3. The zero-order chi connectivity index (χ0) is 19.2. The minimum absolute atomic E-state index is 0.0580. The molecule has 0 heterocycles. The van der Waals surface area contributed by atoms with E-state index in [1.165, 1.54) is 13.2 Å². The molecule has 0 saturated heterocycles. The highest BCUT2D eigenvalue weighted by molar-refractivity contribution is 6.03. The van der Waals surface area contributed by atoms with Crippen LogP contribution in [-0.4, -0.2) is 32.1 Å². The van der Waals surface area contributed by atoms with Gasteiger partial charge in [0.25, 0.3) is 5.91 Å². The smallest absolute Gasteiger partial charge is 0.251 e. The second kappa shape index (κ2) is 8.40. The fourth-order valence-corrected chi connectivity index (χ4v) is 2.49. The molecule has 1 aliphatic carbocycles. The summed E-state index contributed by atoms with van der Waals surface area (Å²) in [6.45, 7) is 0. The number of carbonyl (C=O) groups is 2. The summed E-state index contributed by atoms with van der Waals surface area (Å²) in [5, 5.41) is 5.71. The van der Waals surface area contributed by atoms with Crippen LogP contribution < -0.4 is 20.1 Å². The number of methoxy groups -OCH3 is 2. The Kier molecular flexibility index (Phi) is 5.76. The molecule has 1 aliphatic rings. The fourth-order valence-electron chi connectivity index (χ4n) is 2.49. The largest absolute Gasteiger partial charge is 0.497 e. The first-order valence-corrected chi connectivity index (χ1v) is 8.71. The van der Waals surface area contributed by atoms with Gasteiger partial charge in [-0.25, -0.2) is 0 Å². The topological polar surface area (TPSA) is 76.7 Å². The maximum absolute atomic E-state index is 12.2. The molecule has 1 fully saturated rings.